The average molecular weight is 234 g/mol. The highest BCUT2D eigenvalue weighted by molar-refractivity contribution is 5.94. The smallest absolute Gasteiger partial charge is 0.326 e. The van der Waals surface area contributed by atoms with Crippen molar-refractivity contribution in [3.05, 3.63) is 42.2 Å². The molecular weight excluding hydrogens is 220 g/mol. The number of hydrogen-bond acceptors (Lipinski definition) is 3. The molecule has 1 aromatic heterocycles. The minimum absolute atomic E-state index is 0.195. The molecule has 5 heteroatoms. The number of pyridine rings is 1. The summed E-state index contributed by atoms with van der Waals surface area (Å²) in [5, 5.41) is 11.3. The van der Waals surface area contributed by atoms with E-state index in [1.165, 1.54) is 12.3 Å². The van der Waals surface area contributed by atoms with Crippen LogP contribution in [0, 0.1) is 0 Å². The van der Waals surface area contributed by atoms with E-state index in [0.717, 1.165) is 0 Å². The van der Waals surface area contributed by atoms with Gasteiger partial charge in [-0.2, -0.15) is 0 Å². The molecule has 1 amide bonds. The lowest BCUT2D eigenvalue weighted by atomic mass is 10.1. The number of carboxylic acids is 1. The van der Waals surface area contributed by atoms with Gasteiger partial charge in [0.1, 0.15) is 11.7 Å². The predicted octanol–water partition coefficient (Wildman–Crippen LogP) is 1.23. The molecule has 0 aromatic carbocycles. The molecule has 0 saturated heterocycles. The summed E-state index contributed by atoms with van der Waals surface area (Å²) in [7, 11) is 0. The third-order valence-corrected chi connectivity index (χ3v) is 2.05. The van der Waals surface area contributed by atoms with Crippen LogP contribution in [-0.2, 0) is 4.79 Å². The number of carboxylic acid groups (broad SMARTS) is 1. The molecule has 0 saturated carbocycles. The van der Waals surface area contributed by atoms with Crippen molar-refractivity contribution in [1.29, 1.82) is 0 Å². The van der Waals surface area contributed by atoms with Crippen LogP contribution >= 0.6 is 0 Å². The number of aromatic nitrogens is 1. The van der Waals surface area contributed by atoms with Gasteiger partial charge in [-0.15, -0.1) is 6.58 Å². The molecule has 0 aliphatic carbocycles. The maximum absolute atomic E-state index is 11.7. The van der Waals surface area contributed by atoms with Crippen LogP contribution in [0.25, 0.3) is 0 Å². The number of hydrogen-bond donors (Lipinski definition) is 2. The van der Waals surface area contributed by atoms with Crippen LogP contribution in [0.5, 0.6) is 0 Å². The molecule has 1 atom stereocenters. The Morgan fingerprint density at radius 1 is 1.53 bits per heavy atom. The van der Waals surface area contributed by atoms with E-state index in [0.29, 0.717) is 5.57 Å². The summed E-state index contributed by atoms with van der Waals surface area (Å²) in [6, 6.07) is 3.90. The fraction of sp³-hybridized carbons (Fsp3) is 0.250. The van der Waals surface area contributed by atoms with E-state index in [1.807, 2.05) is 0 Å². The topological polar surface area (TPSA) is 79.3 Å². The summed E-state index contributed by atoms with van der Waals surface area (Å²) in [5.74, 6) is -1.59. The molecule has 0 aliphatic rings. The van der Waals surface area contributed by atoms with Crippen LogP contribution in [0.4, 0.5) is 0 Å². The molecule has 1 heterocycles. The van der Waals surface area contributed by atoms with Crippen LogP contribution in [0.3, 0.4) is 0 Å². The number of rotatable bonds is 5. The number of aliphatic carboxylic acids is 1. The first-order chi connectivity index (χ1) is 8.00. The Hall–Kier alpha value is -2.17. The maximum atomic E-state index is 11.7. The molecule has 0 spiro atoms. The van der Waals surface area contributed by atoms with Gasteiger partial charge >= 0.3 is 5.97 Å². The van der Waals surface area contributed by atoms with Crippen LogP contribution < -0.4 is 5.32 Å². The van der Waals surface area contributed by atoms with Gasteiger partial charge in [0.25, 0.3) is 5.91 Å². The molecule has 17 heavy (non-hydrogen) atoms. The average Bonchev–Trinajstić information content (AvgIpc) is 2.28. The van der Waals surface area contributed by atoms with Gasteiger partial charge in [0.15, 0.2) is 0 Å². The molecule has 1 aromatic rings. The second-order valence-corrected chi connectivity index (χ2v) is 3.74. The molecule has 0 fully saturated rings. The summed E-state index contributed by atoms with van der Waals surface area (Å²) < 4.78 is 0. The Bertz CT molecular complexity index is 429. The first-order valence-corrected chi connectivity index (χ1v) is 5.10. The monoisotopic (exact) mass is 234 g/mol. The fourth-order valence-electron chi connectivity index (χ4n) is 1.28. The number of carbonyl (C=O) groups is 2. The Kier molecular flexibility index (Phi) is 4.39. The van der Waals surface area contributed by atoms with E-state index < -0.39 is 17.9 Å². The normalized spacial score (nSPS) is 11.6. The third-order valence-electron chi connectivity index (χ3n) is 2.05. The minimum Gasteiger partial charge on any atom is -0.480 e. The van der Waals surface area contributed by atoms with Crippen LogP contribution in [0.15, 0.2) is 36.5 Å². The van der Waals surface area contributed by atoms with E-state index in [-0.39, 0.29) is 12.1 Å². The molecule has 2 N–H and O–H groups in total. The zero-order valence-electron chi connectivity index (χ0n) is 9.51. The molecule has 0 bridgehead atoms. The van der Waals surface area contributed by atoms with E-state index in [9.17, 15) is 9.59 Å². The molecule has 0 unspecified atom stereocenters. The van der Waals surface area contributed by atoms with Crippen LogP contribution in [-0.4, -0.2) is 28.0 Å². The van der Waals surface area contributed by atoms with Crippen molar-refractivity contribution in [3.63, 3.8) is 0 Å². The lowest BCUT2D eigenvalue weighted by Gasteiger charge is -2.13. The molecule has 1 rings (SSSR count). The summed E-state index contributed by atoms with van der Waals surface area (Å²) >= 11 is 0. The summed E-state index contributed by atoms with van der Waals surface area (Å²) in [5.41, 5.74) is 0.888. The zero-order chi connectivity index (χ0) is 12.8. The first kappa shape index (κ1) is 12.9. The SMILES string of the molecule is C=C(C)C[C@@H](NC(=O)c1ccccn1)C(=O)O. The first-order valence-electron chi connectivity index (χ1n) is 5.10. The lowest BCUT2D eigenvalue weighted by molar-refractivity contribution is -0.139. The van der Waals surface area contributed by atoms with Gasteiger partial charge in [-0.3, -0.25) is 9.78 Å². The number of amides is 1. The quantitative estimate of drug-likeness (QED) is 0.751. The van der Waals surface area contributed by atoms with E-state index in [2.05, 4.69) is 16.9 Å². The van der Waals surface area contributed by atoms with Crippen molar-refractivity contribution in [1.82, 2.24) is 10.3 Å². The van der Waals surface area contributed by atoms with Crippen molar-refractivity contribution >= 4 is 11.9 Å². The summed E-state index contributed by atoms with van der Waals surface area (Å²) in [6.45, 7) is 5.34. The Morgan fingerprint density at radius 2 is 2.24 bits per heavy atom. The largest absolute Gasteiger partial charge is 0.480 e. The standard InChI is InChI=1S/C12H14N2O3/c1-8(2)7-10(12(16)17)14-11(15)9-5-3-4-6-13-9/h3-6,10H,1,7H2,2H3,(H,14,15)(H,16,17)/t10-/m1/s1. The molecule has 0 aliphatic heterocycles. The van der Waals surface area contributed by atoms with Gasteiger partial charge in [0.05, 0.1) is 0 Å². The molecule has 0 radical (unpaired) electrons. The van der Waals surface area contributed by atoms with Crippen molar-refractivity contribution in [2.45, 2.75) is 19.4 Å². The predicted molar refractivity (Wildman–Crippen MR) is 62.6 cm³/mol. The summed E-state index contributed by atoms with van der Waals surface area (Å²) in [4.78, 5) is 26.4. The van der Waals surface area contributed by atoms with Crippen molar-refractivity contribution in [2.24, 2.45) is 0 Å². The molecular formula is C12H14N2O3. The van der Waals surface area contributed by atoms with Gasteiger partial charge in [-0.1, -0.05) is 11.6 Å². The van der Waals surface area contributed by atoms with Crippen LogP contribution in [0.1, 0.15) is 23.8 Å². The Labute approximate surface area is 99.2 Å². The van der Waals surface area contributed by atoms with Gasteiger partial charge in [-0.25, -0.2) is 4.79 Å². The molecule has 90 valence electrons. The highest BCUT2D eigenvalue weighted by Crippen LogP contribution is 2.03. The van der Waals surface area contributed by atoms with E-state index in [1.54, 1.807) is 19.1 Å². The highest BCUT2D eigenvalue weighted by Gasteiger charge is 2.20. The summed E-state index contributed by atoms with van der Waals surface area (Å²) in [6.07, 6.45) is 1.68. The maximum Gasteiger partial charge on any atom is 0.326 e. The van der Waals surface area contributed by atoms with Crippen LogP contribution in [0.2, 0.25) is 0 Å². The van der Waals surface area contributed by atoms with Crippen molar-refractivity contribution < 1.29 is 14.7 Å². The second-order valence-electron chi connectivity index (χ2n) is 3.74. The van der Waals surface area contributed by atoms with Gasteiger partial charge < -0.3 is 10.4 Å². The Morgan fingerprint density at radius 3 is 2.71 bits per heavy atom. The zero-order valence-corrected chi connectivity index (χ0v) is 9.51. The van der Waals surface area contributed by atoms with Crippen molar-refractivity contribution in [3.8, 4) is 0 Å². The second kappa shape index (κ2) is 5.79. The molecule has 5 nitrogen and oxygen atoms in total. The highest BCUT2D eigenvalue weighted by atomic mass is 16.4. The van der Waals surface area contributed by atoms with E-state index >= 15 is 0 Å². The minimum atomic E-state index is -1.09. The fourth-order valence-corrected chi connectivity index (χ4v) is 1.28. The van der Waals surface area contributed by atoms with Crippen molar-refractivity contribution in [2.75, 3.05) is 0 Å². The van der Waals surface area contributed by atoms with Gasteiger partial charge in [-0.05, 0) is 25.5 Å². The third kappa shape index (κ3) is 4.06. The number of carbonyl (C=O) groups excluding carboxylic acids is 1. The Balaban J connectivity index is 2.71. The van der Waals surface area contributed by atoms with Gasteiger partial charge in [0, 0.05) is 6.20 Å². The number of nitrogens with one attached hydrogen (secondary N) is 1. The lowest BCUT2D eigenvalue weighted by Crippen LogP contribution is -2.41. The van der Waals surface area contributed by atoms with Gasteiger partial charge in [0.2, 0.25) is 0 Å². The van der Waals surface area contributed by atoms with E-state index in [4.69, 9.17) is 5.11 Å². The number of nitrogens with zero attached hydrogens (tertiary/aromatic N) is 1.